The van der Waals surface area contributed by atoms with Crippen molar-refractivity contribution < 1.29 is 13.2 Å². The zero-order valence-electron chi connectivity index (χ0n) is 9.94. The molecule has 0 saturated carbocycles. The van der Waals surface area contributed by atoms with E-state index in [1.807, 2.05) is 0 Å². The van der Waals surface area contributed by atoms with Gasteiger partial charge < -0.3 is 11.1 Å². The minimum atomic E-state index is -3.07. The summed E-state index contributed by atoms with van der Waals surface area (Å²) >= 11 is 5.79. The first-order valence-electron chi connectivity index (χ1n) is 5.39. The number of sulfone groups is 1. The SMILES string of the molecule is CCS(=O)(=O)CCNC(=O)c1ccc(N)c(Cl)c1. The maximum absolute atomic E-state index is 11.7. The second-order valence-electron chi connectivity index (χ2n) is 3.73. The van der Waals surface area contributed by atoms with Crippen molar-refractivity contribution >= 4 is 33.0 Å². The highest BCUT2D eigenvalue weighted by Crippen LogP contribution is 2.19. The minimum Gasteiger partial charge on any atom is -0.398 e. The molecule has 0 aliphatic heterocycles. The lowest BCUT2D eigenvalue weighted by molar-refractivity contribution is 0.0956. The van der Waals surface area contributed by atoms with E-state index in [-0.39, 0.29) is 24.0 Å². The van der Waals surface area contributed by atoms with Gasteiger partial charge in [-0.05, 0) is 18.2 Å². The third-order valence-electron chi connectivity index (χ3n) is 2.40. The fourth-order valence-corrected chi connectivity index (χ4v) is 2.12. The van der Waals surface area contributed by atoms with Crippen molar-refractivity contribution in [2.45, 2.75) is 6.92 Å². The van der Waals surface area contributed by atoms with Crippen molar-refractivity contribution in [3.8, 4) is 0 Å². The maximum atomic E-state index is 11.7. The number of benzene rings is 1. The monoisotopic (exact) mass is 290 g/mol. The van der Waals surface area contributed by atoms with Crippen LogP contribution in [0.25, 0.3) is 0 Å². The number of rotatable bonds is 5. The number of halogens is 1. The Kier molecular flexibility index (Phi) is 4.98. The Morgan fingerprint density at radius 1 is 1.44 bits per heavy atom. The average molecular weight is 291 g/mol. The summed E-state index contributed by atoms with van der Waals surface area (Å²) in [5.41, 5.74) is 6.26. The molecular formula is C11H15ClN2O3S. The van der Waals surface area contributed by atoms with Crippen LogP contribution < -0.4 is 11.1 Å². The van der Waals surface area contributed by atoms with Gasteiger partial charge in [-0.15, -0.1) is 0 Å². The van der Waals surface area contributed by atoms with Crippen LogP contribution in [0.4, 0.5) is 5.69 Å². The van der Waals surface area contributed by atoms with Gasteiger partial charge in [0.2, 0.25) is 0 Å². The molecule has 0 bridgehead atoms. The minimum absolute atomic E-state index is 0.0660. The molecule has 0 saturated heterocycles. The van der Waals surface area contributed by atoms with E-state index in [9.17, 15) is 13.2 Å². The molecule has 1 aromatic rings. The highest BCUT2D eigenvalue weighted by Gasteiger charge is 2.10. The zero-order valence-corrected chi connectivity index (χ0v) is 11.5. The Morgan fingerprint density at radius 3 is 2.67 bits per heavy atom. The van der Waals surface area contributed by atoms with Crippen LogP contribution in [0.15, 0.2) is 18.2 Å². The van der Waals surface area contributed by atoms with Gasteiger partial charge >= 0.3 is 0 Å². The largest absolute Gasteiger partial charge is 0.398 e. The van der Waals surface area contributed by atoms with Gasteiger partial charge in [-0.3, -0.25) is 4.79 Å². The molecule has 1 aromatic carbocycles. The highest BCUT2D eigenvalue weighted by atomic mass is 35.5. The quantitative estimate of drug-likeness (QED) is 0.794. The van der Waals surface area contributed by atoms with Crippen molar-refractivity contribution in [3.63, 3.8) is 0 Å². The fraction of sp³-hybridized carbons (Fsp3) is 0.364. The number of hydrogen-bond donors (Lipinski definition) is 2. The molecule has 0 heterocycles. The average Bonchev–Trinajstić information content (AvgIpc) is 2.32. The lowest BCUT2D eigenvalue weighted by Gasteiger charge is -2.06. The smallest absolute Gasteiger partial charge is 0.251 e. The molecule has 1 amide bonds. The number of anilines is 1. The molecule has 0 aliphatic rings. The summed E-state index contributed by atoms with van der Waals surface area (Å²) in [5.74, 6) is -0.377. The van der Waals surface area contributed by atoms with Crippen molar-refractivity contribution in [1.82, 2.24) is 5.32 Å². The summed E-state index contributed by atoms with van der Waals surface area (Å²) < 4.78 is 22.5. The third-order valence-corrected chi connectivity index (χ3v) is 4.43. The van der Waals surface area contributed by atoms with Gasteiger partial charge in [0.25, 0.3) is 5.91 Å². The zero-order chi connectivity index (χ0) is 13.8. The number of hydrogen-bond acceptors (Lipinski definition) is 4. The Bertz CT molecular complexity index is 543. The summed E-state index contributed by atoms with van der Waals surface area (Å²) in [5, 5.41) is 2.81. The summed E-state index contributed by atoms with van der Waals surface area (Å²) in [7, 11) is -3.07. The van der Waals surface area contributed by atoms with Crippen LogP contribution in [0.1, 0.15) is 17.3 Å². The van der Waals surface area contributed by atoms with E-state index in [4.69, 9.17) is 17.3 Å². The van der Waals surface area contributed by atoms with Crippen molar-refractivity contribution in [3.05, 3.63) is 28.8 Å². The van der Waals surface area contributed by atoms with Crippen LogP contribution in [-0.2, 0) is 9.84 Å². The molecule has 100 valence electrons. The predicted molar refractivity (Wildman–Crippen MR) is 72.5 cm³/mol. The normalized spacial score (nSPS) is 11.2. The topological polar surface area (TPSA) is 89.3 Å². The number of carbonyl (C=O) groups excluding carboxylic acids is 1. The molecule has 1 rings (SSSR count). The predicted octanol–water partition coefficient (Wildman–Crippen LogP) is 1.09. The standard InChI is InChI=1S/C11H15ClN2O3S/c1-2-18(16,17)6-5-14-11(15)8-3-4-10(13)9(12)7-8/h3-4,7H,2,5-6,13H2,1H3,(H,14,15). The molecule has 0 atom stereocenters. The number of nitrogen functional groups attached to an aromatic ring is 1. The van der Waals surface area contributed by atoms with E-state index in [1.165, 1.54) is 18.2 Å². The molecule has 0 fully saturated rings. The molecule has 18 heavy (non-hydrogen) atoms. The van der Waals surface area contributed by atoms with Gasteiger partial charge in [-0.2, -0.15) is 0 Å². The lowest BCUT2D eigenvalue weighted by Crippen LogP contribution is -2.29. The van der Waals surface area contributed by atoms with Gasteiger partial charge in [0.15, 0.2) is 9.84 Å². The Balaban J connectivity index is 2.58. The molecule has 0 spiro atoms. The van der Waals surface area contributed by atoms with Crippen LogP contribution >= 0.6 is 11.6 Å². The highest BCUT2D eigenvalue weighted by molar-refractivity contribution is 7.91. The number of nitrogens with one attached hydrogen (secondary N) is 1. The summed E-state index contributed by atoms with van der Waals surface area (Å²) in [6.45, 7) is 1.65. The summed E-state index contributed by atoms with van der Waals surface area (Å²) in [4.78, 5) is 11.7. The first-order chi connectivity index (χ1) is 8.35. The van der Waals surface area contributed by atoms with Crippen LogP contribution in [-0.4, -0.2) is 32.4 Å². The first-order valence-corrected chi connectivity index (χ1v) is 7.59. The first kappa shape index (κ1) is 14.8. The third kappa shape index (κ3) is 4.19. The van der Waals surface area contributed by atoms with E-state index in [2.05, 4.69) is 5.32 Å². The Morgan fingerprint density at radius 2 is 2.11 bits per heavy atom. The van der Waals surface area contributed by atoms with Crippen molar-refractivity contribution in [2.24, 2.45) is 0 Å². The number of amides is 1. The van der Waals surface area contributed by atoms with Gasteiger partial charge in [-0.25, -0.2) is 8.42 Å². The van der Waals surface area contributed by atoms with Gasteiger partial charge in [-0.1, -0.05) is 18.5 Å². The number of carbonyl (C=O) groups is 1. The van der Waals surface area contributed by atoms with E-state index < -0.39 is 9.84 Å². The van der Waals surface area contributed by atoms with Gasteiger partial charge in [0.05, 0.1) is 16.5 Å². The van der Waals surface area contributed by atoms with Crippen molar-refractivity contribution in [2.75, 3.05) is 23.8 Å². The van der Waals surface area contributed by atoms with E-state index in [0.29, 0.717) is 16.3 Å². The van der Waals surface area contributed by atoms with Crippen LogP contribution in [0, 0.1) is 0 Å². The van der Waals surface area contributed by atoms with Gasteiger partial charge in [0, 0.05) is 17.9 Å². The van der Waals surface area contributed by atoms with Crippen LogP contribution in [0.2, 0.25) is 5.02 Å². The van der Waals surface area contributed by atoms with Crippen LogP contribution in [0.5, 0.6) is 0 Å². The molecule has 7 heteroatoms. The molecule has 5 nitrogen and oxygen atoms in total. The molecule has 0 aromatic heterocycles. The van der Waals surface area contributed by atoms with E-state index in [1.54, 1.807) is 6.92 Å². The van der Waals surface area contributed by atoms with E-state index in [0.717, 1.165) is 0 Å². The van der Waals surface area contributed by atoms with Crippen molar-refractivity contribution in [1.29, 1.82) is 0 Å². The molecule has 0 aliphatic carbocycles. The molecule has 0 unspecified atom stereocenters. The molecule has 0 radical (unpaired) electrons. The summed E-state index contributed by atoms with van der Waals surface area (Å²) in [6.07, 6.45) is 0. The molecule has 3 N–H and O–H groups in total. The number of nitrogens with two attached hydrogens (primary N) is 1. The summed E-state index contributed by atoms with van der Waals surface area (Å²) in [6, 6.07) is 4.51. The second kappa shape index (κ2) is 6.06. The maximum Gasteiger partial charge on any atom is 0.251 e. The lowest BCUT2D eigenvalue weighted by atomic mass is 10.2. The Hall–Kier alpha value is -1.27. The second-order valence-corrected chi connectivity index (χ2v) is 6.61. The molecular weight excluding hydrogens is 276 g/mol. The fourth-order valence-electron chi connectivity index (χ4n) is 1.23. The van der Waals surface area contributed by atoms with Crippen LogP contribution in [0.3, 0.4) is 0 Å². The van der Waals surface area contributed by atoms with Gasteiger partial charge in [0.1, 0.15) is 0 Å². The Labute approximate surface area is 111 Å². The van der Waals surface area contributed by atoms with E-state index >= 15 is 0 Å².